The predicted molar refractivity (Wildman–Crippen MR) is 93.8 cm³/mol. The Morgan fingerprint density at radius 3 is 2.62 bits per heavy atom. The number of para-hydroxylation sites is 1. The molecule has 26 heavy (non-hydrogen) atoms. The molecule has 0 aliphatic rings. The predicted octanol–water partition coefficient (Wildman–Crippen LogP) is 2.72. The van der Waals surface area contributed by atoms with E-state index in [0.717, 1.165) is 5.76 Å². The number of amides is 1. The molecule has 0 aliphatic heterocycles. The Bertz CT molecular complexity index is 892. The van der Waals surface area contributed by atoms with Crippen LogP contribution in [0.5, 0.6) is 0 Å². The molecule has 0 atom stereocenters. The van der Waals surface area contributed by atoms with Gasteiger partial charge in [0, 0.05) is 0 Å². The topological polar surface area (TPSA) is 106 Å². The Labute approximate surface area is 149 Å². The van der Waals surface area contributed by atoms with Crippen LogP contribution >= 0.6 is 0 Å². The van der Waals surface area contributed by atoms with Gasteiger partial charge in [0.25, 0.3) is 5.91 Å². The van der Waals surface area contributed by atoms with Crippen LogP contribution in [0.4, 0.5) is 11.5 Å². The largest absolute Gasteiger partial charge is 0.467 e. The van der Waals surface area contributed by atoms with Crippen molar-refractivity contribution < 1.29 is 18.7 Å². The van der Waals surface area contributed by atoms with E-state index < -0.39 is 11.9 Å². The van der Waals surface area contributed by atoms with Gasteiger partial charge in [-0.15, -0.1) is 10.2 Å². The zero-order chi connectivity index (χ0) is 18.4. The number of rotatable bonds is 6. The smallest absolute Gasteiger partial charge is 0.339 e. The van der Waals surface area contributed by atoms with Gasteiger partial charge in [0.15, 0.2) is 5.69 Å². The summed E-state index contributed by atoms with van der Waals surface area (Å²) < 4.78 is 9.91. The van der Waals surface area contributed by atoms with E-state index in [1.54, 1.807) is 42.7 Å². The maximum Gasteiger partial charge on any atom is 0.339 e. The average molecular weight is 352 g/mol. The van der Waals surface area contributed by atoms with Gasteiger partial charge in [-0.2, -0.15) is 0 Å². The zero-order valence-electron chi connectivity index (χ0n) is 13.9. The number of nitrogens with zero attached hydrogens (tertiary/aromatic N) is 2. The molecular weight excluding hydrogens is 336 g/mol. The molecule has 0 spiro atoms. The Morgan fingerprint density at radius 2 is 1.92 bits per heavy atom. The number of nitrogens with one attached hydrogen (secondary N) is 2. The number of furan rings is 1. The summed E-state index contributed by atoms with van der Waals surface area (Å²) in [5, 5.41) is 13.5. The maximum absolute atomic E-state index is 12.3. The van der Waals surface area contributed by atoms with Crippen molar-refractivity contribution in [2.45, 2.75) is 6.54 Å². The van der Waals surface area contributed by atoms with Crippen LogP contribution in [0.25, 0.3) is 0 Å². The van der Waals surface area contributed by atoms with Crippen molar-refractivity contribution in [2.75, 3.05) is 17.7 Å². The number of benzene rings is 1. The van der Waals surface area contributed by atoms with E-state index in [2.05, 4.69) is 20.8 Å². The van der Waals surface area contributed by atoms with Gasteiger partial charge in [-0.3, -0.25) is 4.79 Å². The summed E-state index contributed by atoms with van der Waals surface area (Å²) in [4.78, 5) is 24.1. The fourth-order valence-corrected chi connectivity index (χ4v) is 2.20. The molecule has 1 aromatic carbocycles. The second kappa shape index (κ2) is 7.93. The molecule has 0 unspecified atom stereocenters. The van der Waals surface area contributed by atoms with Gasteiger partial charge in [0.05, 0.1) is 31.2 Å². The van der Waals surface area contributed by atoms with Crippen molar-refractivity contribution in [3.63, 3.8) is 0 Å². The summed E-state index contributed by atoms with van der Waals surface area (Å²) in [6.07, 6.45) is 1.59. The summed E-state index contributed by atoms with van der Waals surface area (Å²) in [5.74, 6) is 0.247. The molecule has 8 heteroatoms. The van der Waals surface area contributed by atoms with E-state index in [-0.39, 0.29) is 11.3 Å². The lowest BCUT2D eigenvalue weighted by Crippen LogP contribution is -2.17. The maximum atomic E-state index is 12.3. The van der Waals surface area contributed by atoms with Crippen molar-refractivity contribution in [3.8, 4) is 0 Å². The van der Waals surface area contributed by atoms with Gasteiger partial charge in [-0.25, -0.2) is 4.79 Å². The summed E-state index contributed by atoms with van der Waals surface area (Å²) in [6.45, 7) is 0.458. The second-order valence-electron chi connectivity index (χ2n) is 5.23. The third-order valence-corrected chi connectivity index (χ3v) is 3.50. The van der Waals surface area contributed by atoms with Crippen LogP contribution in [0.1, 0.15) is 26.6 Å². The SMILES string of the molecule is COC(=O)c1ccccc1NC(=O)c1ccc(NCc2ccco2)nn1. The molecule has 0 fully saturated rings. The van der Waals surface area contributed by atoms with E-state index in [4.69, 9.17) is 9.15 Å². The summed E-state index contributed by atoms with van der Waals surface area (Å²) in [6, 6.07) is 13.4. The minimum Gasteiger partial charge on any atom is -0.467 e. The number of aromatic nitrogens is 2. The zero-order valence-corrected chi connectivity index (χ0v) is 13.9. The summed E-state index contributed by atoms with van der Waals surface area (Å²) in [5.41, 5.74) is 0.715. The Hall–Kier alpha value is -3.68. The van der Waals surface area contributed by atoms with E-state index in [1.165, 1.54) is 13.2 Å². The van der Waals surface area contributed by atoms with Crippen molar-refractivity contribution in [2.24, 2.45) is 0 Å². The van der Waals surface area contributed by atoms with Gasteiger partial charge in [-0.1, -0.05) is 12.1 Å². The van der Waals surface area contributed by atoms with E-state index in [1.807, 2.05) is 6.07 Å². The highest BCUT2D eigenvalue weighted by Gasteiger charge is 2.15. The second-order valence-corrected chi connectivity index (χ2v) is 5.23. The standard InChI is InChI=1S/C18H16N4O4/c1-25-18(24)13-6-2-3-7-14(13)20-17(23)15-8-9-16(22-21-15)19-11-12-5-4-10-26-12/h2-10H,11H2,1H3,(H,19,22)(H,20,23). The number of carbonyl (C=O) groups excluding carboxylic acids is 2. The Kier molecular flexibility index (Phi) is 5.23. The normalized spacial score (nSPS) is 10.2. The molecule has 132 valence electrons. The number of esters is 1. The number of methoxy groups -OCH3 is 1. The highest BCUT2D eigenvalue weighted by molar-refractivity contribution is 6.07. The molecule has 0 bridgehead atoms. The van der Waals surface area contributed by atoms with Gasteiger partial charge in [-0.05, 0) is 36.4 Å². The Morgan fingerprint density at radius 1 is 1.08 bits per heavy atom. The molecule has 3 rings (SSSR count). The molecule has 0 saturated heterocycles. The molecule has 2 aromatic heterocycles. The van der Waals surface area contributed by atoms with Gasteiger partial charge >= 0.3 is 5.97 Å². The first-order valence-electron chi connectivity index (χ1n) is 7.76. The van der Waals surface area contributed by atoms with Gasteiger partial charge < -0.3 is 19.8 Å². The number of hydrogen-bond acceptors (Lipinski definition) is 7. The molecular formula is C18H16N4O4. The number of hydrogen-bond donors (Lipinski definition) is 2. The van der Waals surface area contributed by atoms with Crippen molar-refractivity contribution in [3.05, 3.63) is 71.8 Å². The first-order chi connectivity index (χ1) is 12.7. The lowest BCUT2D eigenvalue weighted by atomic mass is 10.1. The monoisotopic (exact) mass is 352 g/mol. The van der Waals surface area contributed by atoms with Crippen LogP contribution < -0.4 is 10.6 Å². The molecule has 0 saturated carbocycles. The summed E-state index contributed by atoms with van der Waals surface area (Å²) in [7, 11) is 1.28. The molecule has 1 amide bonds. The van der Waals surface area contributed by atoms with Crippen LogP contribution in [0.2, 0.25) is 0 Å². The van der Waals surface area contributed by atoms with Crippen LogP contribution in [0.3, 0.4) is 0 Å². The number of carbonyl (C=O) groups is 2. The average Bonchev–Trinajstić information content (AvgIpc) is 3.20. The lowest BCUT2D eigenvalue weighted by Gasteiger charge is -2.09. The van der Waals surface area contributed by atoms with Crippen LogP contribution in [-0.4, -0.2) is 29.2 Å². The molecule has 8 nitrogen and oxygen atoms in total. The van der Waals surface area contributed by atoms with Crippen LogP contribution in [0.15, 0.2) is 59.2 Å². The van der Waals surface area contributed by atoms with Gasteiger partial charge in [0.1, 0.15) is 11.6 Å². The third-order valence-electron chi connectivity index (χ3n) is 3.50. The first-order valence-corrected chi connectivity index (χ1v) is 7.76. The van der Waals surface area contributed by atoms with Crippen LogP contribution in [0, 0.1) is 0 Å². The number of anilines is 2. The highest BCUT2D eigenvalue weighted by Crippen LogP contribution is 2.17. The van der Waals surface area contributed by atoms with E-state index in [9.17, 15) is 9.59 Å². The number of ether oxygens (including phenoxy) is 1. The lowest BCUT2D eigenvalue weighted by molar-refractivity contribution is 0.0602. The van der Waals surface area contributed by atoms with Gasteiger partial charge in [0.2, 0.25) is 0 Å². The minimum atomic E-state index is -0.538. The molecule has 0 aliphatic carbocycles. The van der Waals surface area contributed by atoms with E-state index in [0.29, 0.717) is 18.1 Å². The van der Waals surface area contributed by atoms with Crippen molar-refractivity contribution >= 4 is 23.4 Å². The highest BCUT2D eigenvalue weighted by atomic mass is 16.5. The molecule has 2 heterocycles. The molecule has 0 radical (unpaired) electrons. The molecule has 3 aromatic rings. The fourth-order valence-electron chi connectivity index (χ4n) is 2.20. The van der Waals surface area contributed by atoms with Crippen LogP contribution in [-0.2, 0) is 11.3 Å². The fraction of sp³-hybridized carbons (Fsp3) is 0.111. The van der Waals surface area contributed by atoms with Crippen molar-refractivity contribution in [1.82, 2.24) is 10.2 Å². The summed E-state index contributed by atoms with van der Waals surface area (Å²) >= 11 is 0. The quantitative estimate of drug-likeness (QED) is 0.657. The molecule has 2 N–H and O–H groups in total. The van der Waals surface area contributed by atoms with Crippen molar-refractivity contribution in [1.29, 1.82) is 0 Å². The first kappa shape index (κ1) is 17.2. The van der Waals surface area contributed by atoms with E-state index >= 15 is 0 Å². The minimum absolute atomic E-state index is 0.119. The Balaban J connectivity index is 1.66. The third kappa shape index (κ3) is 4.04.